The van der Waals surface area contributed by atoms with Gasteiger partial charge in [-0.15, -0.1) is 10.2 Å². The van der Waals surface area contributed by atoms with Gasteiger partial charge in [0.2, 0.25) is 0 Å². The Hall–Kier alpha value is -2.41. The second kappa shape index (κ2) is 8.52. The monoisotopic (exact) mass is 367 g/mol. The zero-order valence-corrected chi connectivity index (χ0v) is 16.1. The van der Waals surface area contributed by atoms with E-state index in [-0.39, 0.29) is 0 Å². The van der Waals surface area contributed by atoms with Crippen LogP contribution in [0.25, 0.3) is 5.65 Å². The highest BCUT2D eigenvalue weighted by molar-refractivity contribution is 5.80. The summed E-state index contributed by atoms with van der Waals surface area (Å²) in [6.45, 7) is 8.19. The van der Waals surface area contributed by atoms with E-state index in [1.54, 1.807) is 0 Å². The van der Waals surface area contributed by atoms with Crippen molar-refractivity contribution in [1.29, 1.82) is 0 Å². The van der Waals surface area contributed by atoms with Crippen LogP contribution in [-0.2, 0) is 6.42 Å². The summed E-state index contributed by atoms with van der Waals surface area (Å²) in [4.78, 5) is 9.85. The SMILES string of the molecule is CCNC(=NCCCc1nnc2ccccn12)N1CCC(N2CC=CC2)C1. The molecule has 2 aliphatic rings. The minimum absolute atomic E-state index is 0.645. The van der Waals surface area contributed by atoms with Gasteiger partial charge in [0.1, 0.15) is 5.82 Å². The quantitative estimate of drug-likeness (QED) is 0.363. The minimum atomic E-state index is 0.645. The predicted octanol–water partition coefficient (Wildman–Crippen LogP) is 1.57. The Kier molecular flexibility index (Phi) is 5.67. The molecule has 4 heterocycles. The summed E-state index contributed by atoms with van der Waals surface area (Å²) in [6.07, 6.45) is 9.65. The smallest absolute Gasteiger partial charge is 0.193 e. The van der Waals surface area contributed by atoms with Crippen molar-refractivity contribution >= 4 is 11.6 Å². The number of fused-ring (bicyclic) bond motifs is 1. The third-order valence-corrected chi connectivity index (χ3v) is 5.37. The zero-order chi connectivity index (χ0) is 18.5. The van der Waals surface area contributed by atoms with Gasteiger partial charge in [0, 0.05) is 57.9 Å². The Labute approximate surface area is 160 Å². The summed E-state index contributed by atoms with van der Waals surface area (Å²) in [5.41, 5.74) is 0.906. The molecule has 0 aliphatic carbocycles. The van der Waals surface area contributed by atoms with Gasteiger partial charge in [0.15, 0.2) is 11.6 Å². The summed E-state index contributed by atoms with van der Waals surface area (Å²) < 4.78 is 2.06. The summed E-state index contributed by atoms with van der Waals surface area (Å²) in [5, 5.41) is 12.0. The first-order chi connectivity index (χ1) is 13.3. The molecule has 1 N–H and O–H groups in total. The third kappa shape index (κ3) is 4.13. The van der Waals surface area contributed by atoms with Crippen LogP contribution in [-0.4, -0.2) is 75.7 Å². The summed E-state index contributed by atoms with van der Waals surface area (Å²) in [7, 11) is 0. The molecule has 1 fully saturated rings. The second-order valence-corrected chi connectivity index (χ2v) is 7.20. The Bertz CT molecular complexity index is 802. The highest BCUT2D eigenvalue weighted by Crippen LogP contribution is 2.18. The van der Waals surface area contributed by atoms with Crippen molar-refractivity contribution in [3.8, 4) is 0 Å². The predicted molar refractivity (Wildman–Crippen MR) is 108 cm³/mol. The maximum absolute atomic E-state index is 4.88. The van der Waals surface area contributed by atoms with Gasteiger partial charge in [-0.05, 0) is 31.9 Å². The number of likely N-dealkylation sites (tertiary alicyclic amines) is 1. The number of hydrogen-bond acceptors (Lipinski definition) is 4. The van der Waals surface area contributed by atoms with Gasteiger partial charge in [-0.3, -0.25) is 14.3 Å². The first-order valence-corrected chi connectivity index (χ1v) is 10.1. The van der Waals surface area contributed by atoms with Crippen LogP contribution >= 0.6 is 0 Å². The van der Waals surface area contributed by atoms with Gasteiger partial charge >= 0.3 is 0 Å². The van der Waals surface area contributed by atoms with E-state index < -0.39 is 0 Å². The van der Waals surface area contributed by atoms with Crippen molar-refractivity contribution in [3.63, 3.8) is 0 Å². The molecule has 0 saturated carbocycles. The lowest BCUT2D eigenvalue weighted by molar-refractivity contribution is 0.259. The van der Waals surface area contributed by atoms with Gasteiger partial charge in [-0.2, -0.15) is 0 Å². The van der Waals surface area contributed by atoms with E-state index >= 15 is 0 Å². The van der Waals surface area contributed by atoms with E-state index in [9.17, 15) is 0 Å². The molecular formula is C20H29N7. The van der Waals surface area contributed by atoms with Crippen molar-refractivity contribution in [2.75, 3.05) is 39.3 Å². The zero-order valence-electron chi connectivity index (χ0n) is 16.1. The maximum Gasteiger partial charge on any atom is 0.193 e. The first kappa shape index (κ1) is 18.0. The molecule has 0 bridgehead atoms. The standard InChI is InChI=1S/C20H29N7/c1-2-21-20(26-15-10-17(16-26)25-12-5-6-13-25)22-11-7-9-19-24-23-18-8-3-4-14-27(18)19/h3-6,8,14,17H,2,7,9-13,15-16H2,1H3,(H,21,22). The molecular weight excluding hydrogens is 338 g/mol. The molecule has 0 amide bonds. The Balaban J connectivity index is 1.31. The van der Waals surface area contributed by atoms with Crippen LogP contribution in [0.5, 0.6) is 0 Å². The van der Waals surface area contributed by atoms with Crippen molar-refractivity contribution in [1.82, 2.24) is 29.7 Å². The van der Waals surface area contributed by atoms with Crippen LogP contribution in [0.1, 0.15) is 25.6 Å². The molecule has 0 radical (unpaired) electrons. The van der Waals surface area contributed by atoms with E-state index in [1.807, 2.05) is 24.4 Å². The normalized spacial score (nSPS) is 20.9. The Morgan fingerprint density at radius 2 is 2.15 bits per heavy atom. The number of pyridine rings is 1. The van der Waals surface area contributed by atoms with Crippen molar-refractivity contribution in [3.05, 3.63) is 42.4 Å². The topological polar surface area (TPSA) is 61.1 Å². The fourth-order valence-corrected chi connectivity index (χ4v) is 3.93. The van der Waals surface area contributed by atoms with Crippen LogP contribution in [0.4, 0.5) is 0 Å². The number of nitrogens with one attached hydrogen (secondary N) is 1. The van der Waals surface area contributed by atoms with Gasteiger partial charge in [-0.25, -0.2) is 0 Å². The van der Waals surface area contributed by atoms with Crippen LogP contribution in [0.3, 0.4) is 0 Å². The molecule has 2 aromatic heterocycles. The van der Waals surface area contributed by atoms with Crippen molar-refractivity contribution in [2.45, 2.75) is 32.2 Å². The highest BCUT2D eigenvalue weighted by atomic mass is 15.3. The summed E-state index contributed by atoms with van der Waals surface area (Å²) in [5.74, 6) is 2.06. The second-order valence-electron chi connectivity index (χ2n) is 7.20. The minimum Gasteiger partial charge on any atom is -0.357 e. The average Bonchev–Trinajstić information content (AvgIpc) is 3.45. The molecule has 7 heteroatoms. The van der Waals surface area contributed by atoms with E-state index in [0.717, 1.165) is 69.5 Å². The molecule has 4 rings (SSSR count). The fraction of sp³-hybridized carbons (Fsp3) is 0.550. The molecule has 7 nitrogen and oxygen atoms in total. The fourth-order valence-electron chi connectivity index (χ4n) is 3.93. The number of guanidine groups is 1. The van der Waals surface area contributed by atoms with E-state index in [1.165, 1.54) is 6.42 Å². The number of rotatable bonds is 6. The Morgan fingerprint density at radius 1 is 1.26 bits per heavy atom. The molecule has 0 aromatic carbocycles. The van der Waals surface area contributed by atoms with E-state index in [2.05, 4.69) is 48.8 Å². The van der Waals surface area contributed by atoms with Crippen LogP contribution in [0.15, 0.2) is 41.5 Å². The summed E-state index contributed by atoms with van der Waals surface area (Å²) in [6, 6.07) is 6.63. The number of aromatic nitrogens is 3. The van der Waals surface area contributed by atoms with Crippen LogP contribution in [0, 0.1) is 0 Å². The molecule has 0 spiro atoms. The van der Waals surface area contributed by atoms with Crippen LogP contribution in [0.2, 0.25) is 0 Å². The number of nitrogens with zero attached hydrogens (tertiary/aromatic N) is 6. The lowest BCUT2D eigenvalue weighted by Gasteiger charge is -2.25. The van der Waals surface area contributed by atoms with Crippen LogP contribution < -0.4 is 5.32 Å². The molecule has 2 aliphatic heterocycles. The number of aryl methyl sites for hydroxylation is 1. The van der Waals surface area contributed by atoms with Crippen molar-refractivity contribution in [2.24, 2.45) is 4.99 Å². The molecule has 1 unspecified atom stereocenters. The first-order valence-electron chi connectivity index (χ1n) is 10.1. The lowest BCUT2D eigenvalue weighted by atomic mass is 10.2. The number of aliphatic imine (C=N–C) groups is 1. The van der Waals surface area contributed by atoms with Gasteiger partial charge < -0.3 is 10.2 Å². The Morgan fingerprint density at radius 3 is 3.00 bits per heavy atom. The average molecular weight is 368 g/mol. The summed E-state index contributed by atoms with van der Waals surface area (Å²) >= 11 is 0. The van der Waals surface area contributed by atoms with Gasteiger partial charge in [-0.1, -0.05) is 18.2 Å². The van der Waals surface area contributed by atoms with Gasteiger partial charge in [0.25, 0.3) is 0 Å². The van der Waals surface area contributed by atoms with E-state index in [4.69, 9.17) is 4.99 Å². The molecule has 144 valence electrons. The molecule has 1 atom stereocenters. The largest absolute Gasteiger partial charge is 0.357 e. The van der Waals surface area contributed by atoms with E-state index in [0.29, 0.717) is 6.04 Å². The molecule has 27 heavy (non-hydrogen) atoms. The lowest BCUT2D eigenvalue weighted by Crippen LogP contribution is -2.42. The molecule has 2 aromatic rings. The van der Waals surface area contributed by atoms with Crippen molar-refractivity contribution < 1.29 is 0 Å². The molecule has 1 saturated heterocycles. The maximum atomic E-state index is 4.88. The van der Waals surface area contributed by atoms with Gasteiger partial charge in [0.05, 0.1) is 0 Å². The highest BCUT2D eigenvalue weighted by Gasteiger charge is 2.29. The number of hydrogen-bond donors (Lipinski definition) is 1. The third-order valence-electron chi connectivity index (χ3n) is 5.37.